The predicted octanol–water partition coefficient (Wildman–Crippen LogP) is 2.62. The third-order valence-corrected chi connectivity index (χ3v) is 4.61. The van der Waals surface area contributed by atoms with Gasteiger partial charge in [0.1, 0.15) is 5.60 Å². The summed E-state index contributed by atoms with van der Waals surface area (Å²) in [4.78, 5) is 27.3. The number of fused-ring (bicyclic) bond motifs is 1. The first-order chi connectivity index (χ1) is 11.7. The fourth-order valence-corrected chi connectivity index (χ4v) is 3.25. The molecule has 6 heteroatoms. The van der Waals surface area contributed by atoms with Crippen molar-refractivity contribution in [2.75, 3.05) is 25.0 Å². The first-order valence-corrected chi connectivity index (χ1v) is 8.83. The van der Waals surface area contributed by atoms with Crippen LogP contribution in [-0.2, 0) is 22.5 Å². The summed E-state index contributed by atoms with van der Waals surface area (Å²) >= 11 is 0. The number of rotatable bonds is 2. The Labute approximate surface area is 149 Å². The molecular formula is C19H27N3O3. The van der Waals surface area contributed by atoms with Crippen LogP contribution in [0, 0.1) is 0 Å². The van der Waals surface area contributed by atoms with Gasteiger partial charge in [-0.15, -0.1) is 0 Å². The molecule has 136 valence electrons. The molecule has 1 aromatic carbocycles. The van der Waals surface area contributed by atoms with Gasteiger partial charge in [0.15, 0.2) is 0 Å². The van der Waals surface area contributed by atoms with Gasteiger partial charge in [0, 0.05) is 32.2 Å². The van der Waals surface area contributed by atoms with E-state index < -0.39 is 5.60 Å². The Morgan fingerprint density at radius 1 is 1.20 bits per heavy atom. The van der Waals surface area contributed by atoms with E-state index >= 15 is 0 Å². The minimum absolute atomic E-state index is 0.115. The molecule has 1 saturated heterocycles. The third-order valence-electron chi connectivity index (χ3n) is 4.61. The molecule has 2 amide bonds. The molecule has 0 atom stereocenters. The molecule has 2 aliphatic heterocycles. The summed E-state index contributed by atoms with van der Waals surface area (Å²) in [5.41, 5.74) is 2.99. The van der Waals surface area contributed by atoms with Gasteiger partial charge in [-0.3, -0.25) is 4.79 Å². The number of amides is 2. The monoisotopic (exact) mass is 345 g/mol. The molecule has 0 bridgehead atoms. The van der Waals surface area contributed by atoms with Crippen LogP contribution in [0.3, 0.4) is 0 Å². The van der Waals surface area contributed by atoms with E-state index in [9.17, 15) is 9.59 Å². The van der Waals surface area contributed by atoms with Crippen LogP contribution < -0.4 is 5.32 Å². The molecule has 25 heavy (non-hydrogen) atoms. The van der Waals surface area contributed by atoms with Gasteiger partial charge in [0.25, 0.3) is 0 Å². The van der Waals surface area contributed by atoms with Gasteiger partial charge < -0.3 is 19.9 Å². The number of carbonyl (C=O) groups is 2. The first-order valence-electron chi connectivity index (χ1n) is 8.83. The van der Waals surface area contributed by atoms with Crippen molar-refractivity contribution in [1.82, 2.24) is 9.80 Å². The van der Waals surface area contributed by atoms with Crippen LogP contribution in [0.15, 0.2) is 18.2 Å². The molecule has 0 aromatic heterocycles. The van der Waals surface area contributed by atoms with Gasteiger partial charge in [-0.25, -0.2) is 4.79 Å². The number of hydrogen-bond donors (Lipinski definition) is 1. The third kappa shape index (κ3) is 4.06. The zero-order valence-electron chi connectivity index (χ0n) is 15.5. The zero-order chi connectivity index (χ0) is 18.2. The average Bonchev–Trinajstić information content (AvgIpc) is 2.47. The molecule has 2 aliphatic rings. The number of nitrogens with one attached hydrogen (secondary N) is 1. The zero-order valence-corrected chi connectivity index (χ0v) is 15.5. The summed E-state index contributed by atoms with van der Waals surface area (Å²) in [5, 5.41) is 3.53. The van der Waals surface area contributed by atoms with Gasteiger partial charge in [0.05, 0.1) is 12.6 Å². The maximum Gasteiger partial charge on any atom is 0.410 e. The minimum Gasteiger partial charge on any atom is -0.444 e. The predicted molar refractivity (Wildman–Crippen MR) is 96.5 cm³/mol. The van der Waals surface area contributed by atoms with Crippen LogP contribution in [0.25, 0.3) is 0 Å². The van der Waals surface area contributed by atoms with E-state index in [1.54, 1.807) is 11.8 Å². The molecule has 0 unspecified atom stereocenters. The number of carbonyl (C=O) groups excluding carboxylic acids is 2. The molecular weight excluding hydrogens is 318 g/mol. The van der Waals surface area contributed by atoms with E-state index in [2.05, 4.69) is 11.4 Å². The standard InChI is InChI=1S/C19H27N3O3/c1-13(23)22-10-15(11-22)20-17-7-5-6-14-8-9-21(12-16(14)17)18(24)25-19(2,3)4/h5-7,15,20H,8-12H2,1-4H3. The lowest BCUT2D eigenvalue weighted by Crippen LogP contribution is -2.56. The second kappa shape index (κ2) is 6.58. The van der Waals surface area contributed by atoms with E-state index in [0.29, 0.717) is 13.1 Å². The summed E-state index contributed by atoms with van der Waals surface area (Å²) in [6, 6.07) is 6.49. The molecule has 2 heterocycles. The molecule has 0 aliphatic carbocycles. The molecule has 0 spiro atoms. The number of hydrogen-bond acceptors (Lipinski definition) is 4. The van der Waals surface area contributed by atoms with E-state index in [-0.39, 0.29) is 18.0 Å². The Morgan fingerprint density at radius 2 is 1.92 bits per heavy atom. The van der Waals surface area contributed by atoms with Crippen molar-refractivity contribution >= 4 is 17.7 Å². The lowest BCUT2D eigenvalue weighted by Gasteiger charge is -2.40. The number of benzene rings is 1. The van der Waals surface area contributed by atoms with E-state index in [0.717, 1.165) is 30.8 Å². The maximum absolute atomic E-state index is 12.4. The van der Waals surface area contributed by atoms with Crippen LogP contribution in [0.4, 0.5) is 10.5 Å². The SMILES string of the molecule is CC(=O)N1CC(Nc2cccc3c2CN(C(=O)OC(C)(C)C)CC3)C1. The molecule has 0 saturated carbocycles. The van der Waals surface area contributed by atoms with E-state index in [4.69, 9.17) is 4.74 Å². The minimum atomic E-state index is -0.489. The largest absolute Gasteiger partial charge is 0.444 e. The molecule has 3 rings (SSSR count). The highest BCUT2D eigenvalue weighted by atomic mass is 16.6. The summed E-state index contributed by atoms with van der Waals surface area (Å²) in [6.45, 7) is 9.93. The Kier molecular flexibility index (Phi) is 4.62. The Bertz CT molecular complexity index is 675. The van der Waals surface area contributed by atoms with Crippen molar-refractivity contribution < 1.29 is 14.3 Å². The fourth-order valence-electron chi connectivity index (χ4n) is 3.25. The highest BCUT2D eigenvalue weighted by molar-refractivity contribution is 5.74. The summed E-state index contributed by atoms with van der Waals surface area (Å²) < 4.78 is 5.51. The summed E-state index contributed by atoms with van der Waals surface area (Å²) in [5.74, 6) is 0.115. The number of anilines is 1. The Hall–Kier alpha value is -2.24. The van der Waals surface area contributed by atoms with E-state index in [1.807, 2.05) is 37.8 Å². The van der Waals surface area contributed by atoms with Crippen molar-refractivity contribution in [3.05, 3.63) is 29.3 Å². The maximum atomic E-state index is 12.4. The van der Waals surface area contributed by atoms with Gasteiger partial charge in [-0.2, -0.15) is 0 Å². The summed E-state index contributed by atoms with van der Waals surface area (Å²) in [6.07, 6.45) is 0.563. The lowest BCUT2D eigenvalue weighted by atomic mass is 9.97. The number of likely N-dealkylation sites (tertiary alicyclic amines) is 1. The molecule has 1 N–H and O–H groups in total. The molecule has 6 nitrogen and oxygen atoms in total. The average molecular weight is 345 g/mol. The number of nitrogens with zero attached hydrogens (tertiary/aromatic N) is 2. The second-order valence-corrected chi connectivity index (χ2v) is 7.86. The van der Waals surface area contributed by atoms with Crippen molar-refractivity contribution in [1.29, 1.82) is 0 Å². The fraction of sp³-hybridized carbons (Fsp3) is 0.579. The van der Waals surface area contributed by atoms with Gasteiger partial charge in [-0.05, 0) is 44.4 Å². The second-order valence-electron chi connectivity index (χ2n) is 7.86. The van der Waals surface area contributed by atoms with Crippen molar-refractivity contribution in [2.45, 2.75) is 52.3 Å². The van der Waals surface area contributed by atoms with Gasteiger partial charge >= 0.3 is 6.09 Å². The molecule has 1 aromatic rings. The summed E-state index contributed by atoms with van der Waals surface area (Å²) in [7, 11) is 0. The Balaban J connectivity index is 1.68. The van der Waals surface area contributed by atoms with Crippen molar-refractivity contribution in [3.63, 3.8) is 0 Å². The molecule has 1 fully saturated rings. The van der Waals surface area contributed by atoms with Crippen LogP contribution in [-0.4, -0.2) is 53.1 Å². The van der Waals surface area contributed by atoms with Crippen LogP contribution in [0.2, 0.25) is 0 Å². The topological polar surface area (TPSA) is 61.9 Å². The number of ether oxygens (including phenoxy) is 1. The lowest BCUT2D eigenvalue weighted by molar-refractivity contribution is -0.132. The van der Waals surface area contributed by atoms with Gasteiger partial charge in [0.2, 0.25) is 5.91 Å². The van der Waals surface area contributed by atoms with Crippen molar-refractivity contribution in [2.24, 2.45) is 0 Å². The van der Waals surface area contributed by atoms with E-state index in [1.165, 1.54) is 5.56 Å². The quantitative estimate of drug-likeness (QED) is 0.895. The highest BCUT2D eigenvalue weighted by Gasteiger charge is 2.31. The first kappa shape index (κ1) is 17.6. The highest BCUT2D eigenvalue weighted by Crippen LogP contribution is 2.29. The van der Waals surface area contributed by atoms with Crippen LogP contribution in [0.5, 0.6) is 0 Å². The van der Waals surface area contributed by atoms with Gasteiger partial charge in [-0.1, -0.05) is 12.1 Å². The van der Waals surface area contributed by atoms with Crippen LogP contribution in [0.1, 0.15) is 38.8 Å². The van der Waals surface area contributed by atoms with Crippen LogP contribution >= 0.6 is 0 Å². The normalized spacial score (nSPS) is 17.6. The van der Waals surface area contributed by atoms with Crippen molar-refractivity contribution in [3.8, 4) is 0 Å². The smallest absolute Gasteiger partial charge is 0.410 e. The molecule has 0 radical (unpaired) electrons. The Morgan fingerprint density at radius 3 is 2.56 bits per heavy atom.